The van der Waals surface area contributed by atoms with Crippen molar-refractivity contribution in [1.82, 2.24) is 14.8 Å². The van der Waals surface area contributed by atoms with Gasteiger partial charge in [-0.2, -0.15) is 5.10 Å². The minimum absolute atomic E-state index is 0.542. The van der Waals surface area contributed by atoms with Gasteiger partial charge in [0.05, 0.1) is 5.69 Å². The van der Waals surface area contributed by atoms with Crippen molar-refractivity contribution in [3.63, 3.8) is 0 Å². The molecule has 0 aliphatic rings. The van der Waals surface area contributed by atoms with Crippen molar-refractivity contribution in [1.29, 1.82) is 0 Å². The zero-order valence-corrected chi connectivity index (χ0v) is 8.94. The summed E-state index contributed by atoms with van der Waals surface area (Å²) in [6.45, 7) is 4.37. The van der Waals surface area contributed by atoms with Gasteiger partial charge in [0.2, 0.25) is 0 Å². The SMILES string of the molecule is Cc1nc(C)n(-c2cccc(CN)c2)n1. The van der Waals surface area contributed by atoms with Crippen molar-refractivity contribution >= 4 is 0 Å². The summed E-state index contributed by atoms with van der Waals surface area (Å²) in [6.07, 6.45) is 0. The van der Waals surface area contributed by atoms with Gasteiger partial charge in [0.25, 0.3) is 0 Å². The van der Waals surface area contributed by atoms with Crippen LogP contribution in [0.2, 0.25) is 0 Å². The van der Waals surface area contributed by atoms with E-state index in [1.807, 2.05) is 42.8 Å². The van der Waals surface area contributed by atoms with Crippen LogP contribution in [-0.4, -0.2) is 14.8 Å². The Morgan fingerprint density at radius 2 is 2.13 bits per heavy atom. The van der Waals surface area contributed by atoms with Gasteiger partial charge in [-0.15, -0.1) is 0 Å². The molecule has 2 N–H and O–H groups in total. The molecule has 2 aromatic rings. The van der Waals surface area contributed by atoms with Crippen LogP contribution < -0.4 is 5.73 Å². The molecule has 1 aromatic heterocycles. The maximum Gasteiger partial charge on any atom is 0.148 e. The Morgan fingerprint density at radius 1 is 1.33 bits per heavy atom. The molecule has 1 aromatic carbocycles. The first-order valence-corrected chi connectivity index (χ1v) is 4.90. The number of hydrogen-bond donors (Lipinski definition) is 1. The Labute approximate surface area is 88.8 Å². The van der Waals surface area contributed by atoms with Crippen molar-refractivity contribution in [3.05, 3.63) is 41.5 Å². The molecule has 0 radical (unpaired) electrons. The molecule has 0 unspecified atom stereocenters. The van der Waals surface area contributed by atoms with E-state index >= 15 is 0 Å². The summed E-state index contributed by atoms with van der Waals surface area (Å²) in [7, 11) is 0. The molecule has 0 bridgehead atoms. The lowest BCUT2D eigenvalue weighted by atomic mass is 10.2. The molecule has 4 nitrogen and oxygen atoms in total. The van der Waals surface area contributed by atoms with Gasteiger partial charge in [-0.25, -0.2) is 9.67 Å². The minimum atomic E-state index is 0.542. The molecule has 0 fully saturated rings. The summed E-state index contributed by atoms with van der Waals surface area (Å²) < 4.78 is 1.83. The van der Waals surface area contributed by atoms with Gasteiger partial charge in [-0.1, -0.05) is 12.1 Å². The fourth-order valence-electron chi connectivity index (χ4n) is 1.58. The standard InChI is InChI=1S/C11H14N4/c1-8-13-9(2)15(14-8)11-5-3-4-10(6-11)7-12/h3-6H,7,12H2,1-2H3. The van der Waals surface area contributed by atoms with E-state index < -0.39 is 0 Å². The van der Waals surface area contributed by atoms with Crippen molar-refractivity contribution < 1.29 is 0 Å². The number of rotatable bonds is 2. The average Bonchev–Trinajstić information content (AvgIpc) is 2.58. The molecule has 4 heteroatoms. The van der Waals surface area contributed by atoms with E-state index in [-0.39, 0.29) is 0 Å². The van der Waals surface area contributed by atoms with Crippen LogP contribution in [0.25, 0.3) is 5.69 Å². The van der Waals surface area contributed by atoms with Crippen LogP contribution >= 0.6 is 0 Å². The Bertz CT molecular complexity index is 473. The predicted molar refractivity (Wildman–Crippen MR) is 58.7 cm³/mol. The molecule has 0 atom stereocenters. The highest BCUT2D eigenvalue weighted by atomic mass is 15.3. The molecular weight excluding hydrogens is 188 g/mol. The van der Waals surface area contributed by atoms with Crippen LogP contribution in [0.4, 0.5) is 0 Å². The molecule has 0 aliphatic heterocycles. The molecular formula is C11H14N4. The summed E-state index contributed by atoms with van der Waals surface area (Å²) in [6, 6.07) is 8.01. The summed E-state index contributed by atoms with van der Waals surface area (Å²) in [5.74, 6) is 1.67. The molecule has 2 rings (SSSR count). The monoisotopic (exact) mass is 202 g/mol. The Balaban J connectivity index is 2.49. The third kappa shape index (κ3) is 1.89. The smallest absolute Gasteiger partial charge is 0.148 e. The van der Waals surface area contributed by atoms with Gasteiger partial charge in [0.15, 0.2) is 0 Å². The van der Waals surface area contributed by atoms with E-state index in [4.69, 9.17) is 5.73 Å². The van der Waals surface area contributed by atoms with Crippen LogP contribution in [-0.2, 0) is 6.54 Å². The topological polar surface area (TPSA) is 56.7 Å². The van der Waals surface area contributed by atoms with Crippen LogP contribution in [0.1, 0.15) is 17.2 Å². The average molecular weight is 202 g/mol. The molecule has 0 aliphatic carbocycles. The highest BCUT2D eigenvalue weighted by Gasteiger charge is 2.04. The van der Waals surface area contributed by atoms with Crippen LogP contribution in [0.3, 0.4) is 0 Å². The number of nitrogens with two attached hydrogens (primary N) is 1. The van der Waals surface area contributed by atoms with Crippen molar-refractivity contribution in [3.8, 4) is 5.69 Å². The van der Waals surface area contributed by atoms with E-state index in [1.165, 1.54) is 0 Å². The number of aryl methyl sites for hydroxylation is 2. The molecule has 0 saturated heterocycles. The van der Waals surface area contributed by atoms with Gasteiger partial charge >= 0.3 is 0 Å². The molecule has 0 amide bonds. The second kappa shape index (κ2) is 3.82. The number of benzene rings is 1. The van der Waals surface area contributed by atoms with Gasteiger partial charge in [0, 0.05) is 6.54 Å². The third-order valence-electron chi connectivity index (χ3n) is 2.27. The zero-order valence-electron chi connectivity index (χ0n) is 8.94. The van der Waals surface area contributed by atoms with Gasteiger partial charge < -0.3 is 5.73 Å². The van der Waals surface area contributed by atoms with Gasteiger partial charge in [-0.3, -0.25) is 0 Å². The van der Waals surface area contributed by atoms with E-state index in [0.717, 1.165) is 22.9 Å². The van der Waals surface area contributed by atoms with E-state index in [9.17, 15) is 0 Å². The second-order valence-corrected chi connectivity index (χ2v) is 3.49. The van der Waals surface area contributed by atoms with Crippen LogP contribution in [0.5, 0.6) is 0 Å². The summed E-state index contributed by atoms with van der Waals surface area (Å²) >= 11 is 0. The van der Waals surface area contributed by atoms with Crippen molar-refractivity contribution in [2.24, 2.45) is 5.73 Å². The lowest BCUT2D eigenvalue weighted by molar-refractivity contribution is 0.828. The largest absolute Gasteiger partial charge is 0.326 e. The molecule has 0 spiro atoms. The van der Waals surface area contributed by atoms with Crippen LogP contribution in [0.15, 0.2) is 24.3 Å². The fraction of sp³-hybridized carbons (Fsp3) is 0.273. The lowest BCUT2D eigenvalue weighted by Gasteiger charge is -2.04. The first-order valence-electron chi connectivity index (χ1n) is 4.90. The number of nitrogens with zero attached hydrogens (tertiary/aromatic N) is 3. The second-order valence-electron chi connectivity index (χ2n) is 3.49. The maximum atomic E-state index is 5.59. The van der Waals surface area contributed by atoms with Gasteiger partial charge in [-0.05, 0) is 31.5 Å². The summed E-state index contributed by atoms with van der Waals surface area (Å²) in [4.78, 5) is 4.26. The van der Waals surface area contributed by atoms with Crippen LogP contribution in [0, 0.1) is 13.8 Å². The lowest BCUT2D eigenvalue weighted by Crippen LogP contribution is -2.02. The Morgan fingerprint density at radius 3 is 2.73 bits per heavy atom. The minimum Gasteiger partial charge on any atom is -0.326 e. The van der Waals surface area contributed by atoms with Crippen molar-refractivity contribution in [2.45, 2.75) is 20.4 Å². The summed E-state index contributed by atoms with van der Waals surface area (Å²) in [5.41, 5.74) is 7.70. The highest BCUT2D eigenvalue weighted by Crippen LogP contribution is 2.11. The van der Waals surface area contributed by atoms with E-state index in [0.29, 0.717) is 6.54 Å². The van der Waals surface area contributed by atoms with Crippen molar-refractivity contribution in [2.75, 3.05) is 0 Å². The van der Waals surface area contributed by atoms with E-state index in [2.05, 4.69) is 10.1 Å². The Kier molecular flexibility index (Phi) is 2.51. The normalized spacial score (nSPS) is 10.6. The van der Waals surface area contributed by atoms with E-state index in [1.54, 1.807) is 0 Å². The first-order chi connectivity index (χ1) is 7.20. The molecule has 1 heterocycles. The highest BCUT2D eigenvalue weighted by molar-refractivity contribution is 5.35. The fourth-order valence-corrected chi connectivity index (χ4v) is 1.58. The molecule has 78 valence electrons. The number of aromatic nitrogens is 3. The molecule has 15 heavy (non-hydrogen) atoms. The zero-order chi connectivity index (χ0) is 10.8. The maximum absolute atomic E-state index is 5.59. The third-order valence-corrected chi connectivity index (χ3v) is 2.27. The number of hydrogen-bond acceptors (Lipinski definition) is 3. The first kappa shape index (κ1) is 9.86. The Hall–Kier alpha value is -1.68. The quantitative estimate of drug-likeness (QED) is 0.799. The summed E-state index contributed by atoms with van der Waals surface area (Å²) in [5, 5.41) is 4.32. The molecule has 0 saturated carbocycles. The predicted octanol–water partition coefficient (Wildman–Crippen LogP) is 1.34. The van der Waals surface area contributed by atoms with Gasteiger partial charge in [0.1, 0.15) is 11.6 Å².